The van der Waals surface area contributed by atoms with E-state index in [-0.39, 0.29) is 17.4 Å². The molecule has 0 saturated carbocycles. The minimum Gasteiger partial charge on any atom is -0.480 e. The van der Waals surface area contributed by atoms with Crippen LogP contribution in [0.2, 0.25) is 0 Å². The first kappa shape index (κ1) is 11.8. The summed E-state index contributed by atoms with van der Waals surface area (Å²) in [5.41, 5.74) is 1.44. The topological polar surface area (TPSA) is 86.6 Å². The number of hydrogen-bond donors (Lipinski definition) is 3. The Hall–Kier alpha value is -2.30. The molecule has 0 amide bonds. The van der Waals surface area contributed by atoms with Crippen LogP contribution in [0.1, 0.15) is 28.3 Å². The number of aliphatic carboxylic acids is 1. The molecule has 0 radical (unpaired) electrons. The van der Waals surface area contributed by atoms with Crippen LogP contribution in [0, 0.1) is 5.92 Å². The summed E-state index contributed by atoms with van der Waals surface area (Å²) in [5.74, 6) is -2.05. The number of carboxylic acid groups (broad SMARTS) is 2. The van der Waals surface area contributed by atoms with Crippen LogP contribution in [0.25, 0.3) is 0 Å². The second-order valence-electron chi connectivity index (χ2n) is 4.89. The fourth-order valence-electron chi connectivity index (χ4n) is 3.04. The van der Waals surface area contributed by atoms with Gasteiger partial charge in [-0.2, -0.15) is 0 Å². The summed E-state index contributed by atoms with van der Waals surface area (Å²) in [4.78, 5) is 22.6. The molecule has 1 aliphatic carbocycles. The largest absolute Gasteiger partial charge is 0.480 e. The lowest BCUT2D eigenvalue weighted by Gasteiger charge is -2.35. The Balaban J connectivity index is 2.15. The fourth-order valence-corrected chi connectivity index (χ4v) is 3.04. The standard InChI is InChI=1S/C14H13NO4/c16-13(17)10-6-2-4-8-7-3-1-5-9(7)12(14(18)19)15-11(8)10/h1-4,6-7,9,12,15H,5H2,(H,16,17)(H,18,19)/t7-,9-,12-/m1/s1. The zero-order valence-corrected chi connectivity index (χ0v) is 10.0. The maximum atomic E-state index is 11.4. The lowest BCUT2D eigenvalue weighted by Crippen LogP contribution is -2.42. The quantitative estimate of drug-likeness (QED) is 0.706. The second kappa shape index (κ2) is 4.12. The van der Waals surface area contributed by atoms with E-state index in [2.05, 4.69) is 5.32 Å². The molecule has 0 unspecified atom stereocenters. The molecular formula is C14H13NO4. The van der Waals surface area contributed by atoms with Crippen molar-refractivity contribution in [3.8, 4) is 0 Å². The first-order chi connectivity index (χ1) is 9.09. The van der Waals surface area contributed by atoms with Gasteiger partial charge in [-0.25, -0.2) is 9.59 Å². The van der Waals surface area contributed by atoms with Crippen molar-refractivity contribution in [3.63, 3.8) is 0 Å². The van der Waals surface area contributed by atoms with E-state index in [9.17, 15) is 19.8 Å². The zero-order valence-electron chi connectivity index (χ0n) is 10.0. The van der Waals surface area contributed by atoms with Crippen LogP contribution in [-0.4, -0.2) is 28.2 Å². The second-order valence-corrected chi connectivity index (χ2v) is 4.89. The average Bonchev–Trinajstić information content (AvgIpc) is 2.85. The van der Waals surface area contributed by atoms with Crippen LogP contribution in [0.15, 0.2) is 30.4 Å². The van der Waals surface area contributed by atoms with Gasteiger partial charge in [-0.15, -0.1) is 0 Å². The number of nitrogens with one attached hydrogen (secondary N) is 1. The van der Waals surface area contributed by atoms with Crippen molar-refractivity contribution in [2.75, 3.05) is 5.32 Å². The van der Waals surface area contributed by atoms with Crippen molar-refractivity contribution in [1.29, 1.82) is 0 Å². The van der Waals surface area contributed by atoms with E-state index in [4.69, 9.17) is 0 Å². The molecule has 98 valence electrons. The minimum absolute atomic E-state index is 0.0170. The molecule has 1 aliphatic heterocycles. The summed E-state index contributed by atoms with van der Waals surface area (Å²) in [5, 5.41) is 21.4. The average molecular weight is 259 g/mol. The monoisotopic (exact) mass is 259 g/mol. The highest BCUT2D eigenvalue weighted by Crippen LogP contribution is 2.45. The number of rotatable bonds is 2. The van der Waals surface area contributed by atoms with Crippen LogP contribution in [0.5, 0.6) is 0 Å². The summed E-state index contributed by atoms with van der Waals surface area (Å²) in [6.07, 6.45) is 4.65. The molecule has 0 fully saturated rings. The number of carboxylic acids is 2. The molecule has 1 aromatic carbocycles. The number of para-hydroxylation sites is 1. The van der Waals surface area contributed by atoms with Crippen LogP contribution in [-0.2, 0) is 4.79 Å². The number of benzene rings is 1. The molecule has 3 atom stereocenters. The molecular weight excluding hydrogens is 246 g/mol. The van der Waals surface area contributed by atoms with Crippen LogP contribution in [0.4, 0.5) is 5.69 Å². The first-order valence-corrected chi connectivity index (χ1v) is 6.12. The molecule has 19 heavy (non-hydrogen) atoms. The molecule has 1 heterocycles. The Bertz CT molecular complexity index is 593. The Morgan fingerprint density at radius 3 is 2.74 bits per heavy atom. The van der Waals surface area contributed by atoms with Gasteiger partial charge in [0.2, 0.25) is 0 Å². The number of aromatic carboxylic acids is 1. The number of fused-ring (bicyclic) bond motifs is 3. The number of carbonyl (C=O) groups is 2. The number of hydrogen-bond acceptors (Lipinski definition) is 3. The lowest BCUT2D eigenvalue weighted by atomic mass is 9.78. The van der Waals surface area contributed by atoms with Crippen molar-refractivity contribution in [2.24, 2.45) is 5.92 Å². The molecule has 2 aliphatic rings. The molecule has 0 bridgehead atoms. The highest BCUT2D eigenvalue weighted by Gasteiger charge is 2.41. The molecule has 3 rings (SSSR count). The van der Waals surface area contributed by atoms with Crippen LogP contribution in [0.3, 0.4) is 0 Å². The molecule has 0 spiro atoms. The van der Waals surface area contributed by atoms with Gasteiger partial charge in [0.05, 0.1) is 11.3 Å². The summed E-state index contributed by atoms with van der Waals surface area (Å²) < 4.78 is 0. The van der Waals surface area contributed by atoms with Crippen molar-refractivity contribution in [1.82, 2.24) is 0 Å². The maximum absolute atomic E-state index is 11.4. The molecule has 0 saturated heterocycles. The smallest absolute Gasteiger partial charge is 0.337 e. The predicted molar refractivity (Wildman–Crippen MR) is 68.4 cm³/mol. The van der Waals surface area contributed by atoms with E-state index in [0.717, 1.165) is 5.56 Å². The van der Waals surface area contributed by atoms with E-state index in [0.29, 0.717) is 12.1 Å². The van der Waals surface area contributed by atoms with E-state index in [1.807, 2.05) is 18.2 Å². The summed E-state index contributed by atoms with van der Waals surface area (Å²) in [7, 11) is 0. The van der Waals surface area contributed by atoms with Gasteiger partial charge in [0.25, 0.3) is 0 Å². The van der Waals surface area contributed by atoms with Gasteiger partial charge in [-0.3, -0.25) is 0 Å². The molecule has 5 heteroatoms. The minimum atomic E-state index is -1.05. The molecule has 1 aromatic rings. The third-order valence-corrected chi connectivity index (χ3v) is 3.89. The lowest BCUT2D eigenvalue weighted by molar-refractivity contribution is -0.139. The van der Waals surface area contributed by atoms with E-state index < -0.39 is 18.0 Å². The Kier molecular flexibility index (Phi) is 2.55. The molecule has 0 aromatic heterocycles. The first-order valence-electron chi connectivity index (χ1n) is 6.12. The van der Waals surface area contributed by atoms with Crippen molar-refractivity contribution in [2.45, 2.75) is 18.4 Å². The Morgan fingerprint density at radius 1 is 1.26 bits per heavy atom. The van der Waals surface area contributed by atoms with Gasteiger partial charge in [0.1, 0.15) is 6.04 Å². The van der Waals surface area contributed by atoms with Crippen molar-refractivity contribution < 1.29 is 19.8 Å². The predicted octanol–water partition coefficient (Wildman–Crippen LogP) is 1.92. The number of anilines is 1. The van der Waals surface area contributed by atoms with Gasteiger partial charge in [-0.1, -0.05) is 24.3 Å². The normalized spacial score (nSPS) is 27.3. The van der Waals surface area contributed by atoms with Crippen LogP contribution >= 0.6 is 0 Å². The van der Waals surface area contributed by atoms with Gasteiger partial charge in [0, 0.05) is 11.8 Å². The zero-order chi connectivity index (χ0) is 13.6. The molecule has 5 nitrogen and oxygen atoms in total. The van der Waals surface area contributed by atoms with Gasteiger partial charge >= 0.3 is 11.9 Å². The SMILES string of the molecule is O=C(O)c1cccc2c1N[C@@H](C(=O)O)[C@@H]1CC=C[C@H]21. The Labute approximate surface area is 109 Å². The summed E-state index contributed by atoms with van der Waals surface area (Å²) in [6, 6.07) is 4.31. The van der Waals surface area contributed by atoms with Gasteiger partial charge < -0.3 is 15.5 Å². The van der Waals surface area contributed by atoms with Crippen LogP contribution < -0.4 is 5.32 Å². The van der Waals surface area contributed by atoms with Crippen molar-refractivity contribution >= 4 is 17.6 Å². The van der Waals surface area contributed by atoms with E-state index in [1.165, 1.54) is 6.07 Å². The third-order valence-electron chi connectivity index (χ3n) is 3.89. The van der Waals surface area contributed by atoms with E-state index in [1.54, 1.807) is 6.07 Å². The van der Waals surface area contributed by atoms with Gasteiger partial charge in [0.15, 0.2) is 0 Å². The maximum Gasteiger partial charge on any atom is 0.337 e. The third kappa shape index (κ3) is 1.69. The Morgan fingerprint density at radius 2 is 2.05 bits per heavy atom. The summed E-state index contributed by atoms with van der Waals surface area (Å²) >= 11 is 0. The molecule has 3 N–H and O–H groups in total. The van der Waals surface area contributed by atoms with E-state index >= 15 is 0 Å². The highest BCUT2D eigenvalue weighted by molar-refractivity contribution is 5.97. The van der Waals surface area contributed by atoms with Crippen molar-refractivity contribution in [3.05, 3.63) is 41.5 Å². The number of allylic oxidation sites excluding steroid dienone is 2. The highest BCUT2D eigenvalue weighted by atomic mass is 16.4. The van der Waals surface area contributed by atoms with Gasteiger partial charge in [-0.05, 0) is 18.1 Å². The summed E-state index contributed by atoms with van der Waals surface area (Å²) in [6.45, 7) is 0. The fraction of sp³-hybridized carbons (Fsp3) is 0.286.